The molecule has 58 valence electrons. The van der Waals surface area contributed by atoms with Crippen LogP contribution in [0.5, 0.6) is 0 Å². The molecular weight excluding hydrogens is 152 g/mol. The van der Waals surface area contributed by atoms with Crippen LogP contribution in [0.3, 0.4) is 0 Å². The number of rotatable bonds is 0. The van der Waals surface area contributed by atoms with E-state index in [1.54, 1.807) is 0 Å². The van der Waals surface area contributed by atoms with Crippen LogP contribution < -0.4 is 0 Å². The summed E-state index contributed by atoms with van der Waals surface area (Å²) in [5.74, 6) is 10.5. The smallest absolute Gasteiger partial charge is 0.00886 e. The highest BCUT2D eigenvalue weighted by Crippen LogP contribution is 2.38. The summed E-state index contributed by atoms with van der Waals surface area (Å²) in [6.07, 6.45) is 0. The van der Waals surface area contributed by atoms with Gasteiger partial charge in [-0.3, -0.25) is 0 Å². The molecule has 1 heteroatoms. The molecule has 0 unspecified atom stereocenters. The zero-order valence-electron chi connectivity index (χ0n) is 6.55. The molecule has 0 N–H and O–H groups in total. The van der Waals surface area contributed by atoms with E-state index in [1.807, 2.05) is 0 Å². The second-order valence-electron chi connectivity index (χ2n) is 3.28. The molecule has 0 amide bonds. The molecule has 0 nitrogen and oxygen atoms in total. The molecule has 0 atom stereocenters. The first-order chi connectivity index (χ1) is 5.17. The zero-order chi connectivity index (χ0) is 7.90. The van der Waals surface area contributed by atoms with Crippen LogP contribution in [0.25, 0.3) is 0 Å². The SMILES string of the molecule is C=S1(=C)Cc2ccccc2C1. The molecule has 1 aromatic rings. The Bertz CT molecular complexity index is 341. The second kappa shape index (κ2) is 2.15. The molecule has 2 rings (SSSR count). The third kappa shape index (κ3) is 1.21. The van der Waals surface area contributed by atoms with Gasteiger partial charge in [-0.2, -0.15) is 0 Å². The number of hydrogen-bond acceptors (Lipinski definition) is 0. The Morgan fingerprint density at radius 1 is 1.00 bits per heavy atom. The molecule has 0 saturated heterocycles. The maximum Gasteiger partial charge on any atom is 0.00886 e. The van der Waals surface area contributed by atoms with Crippen LogP contribution in [-0.4, -0.2) is 11.7 Å². The maximum atomic E-state index is 4.16. The Kier molecular flexibility index (Phi) is 1.36. The first-order valence-electron chi connectivity index (χ1n) is 3.69. The molecule has 11 heavy (non-hydrogen) atoms. The maximum absolute atomic E-state index is 4.16. The normalized spacial score (nSPS) is 19.6. The fourth-order valence-electron chi connectivity index (χ4n) is 1.55. The Labute approximate surface area is 68.4 Å². The summed E-state index contributed by atoms with van der Waals surface area (Å²) in [6.45, 7) is 0. The van der Waals surface area contributed by atoms with Gasteiger partial charge in [0.1, 0.15) is 0 Å². The monoisotopic (exact) mass is 164 g/mol. The quantitative estimate of drug-likeness (QED) is 0.516. The van der Waals surface area contributed by atoms with Gasteiger partial charge in [-0.25, -0.2) is 9.21 Å². The predicted octanol–water partition coefficient (Wildman–Crippen LogP) is 2.37. The van der Waals surface area contributed by atoms with Gasteiger partial charge in [0.15, 0.2) is 0 Å². The van der Waals surface area contributed by atoms with Crippen LogP contribution >= 0.6 is 9.21 Å². The second-order valence-corrected chi connectivity index (χ2v) is 6.31. The Hall–Kier alpha value is -0.690. The summed E-state index contributed by atoms with van der Waals surface area (Å²) in [4.78, 5) is 0. The molecule has 0 radical (unpaired) electrons. The number of benzene rings is 1. The van der Waals surface area contributed by atoms with Crippen molar-refractivity contribution in [3.8, 4) is 0 Å². The van der Waals surface area contributed by atoms with Crippen molar-refractivity contribution in [1.29, 1.82) is 0 Å². The van der Waals surface area contributed by atoms with Gasteiger partial charge in [0.25, 0.3) is 0 Å². The number of hydrogen-bond donors (Lipinski definition) is 0. The van der Waals surface area contributed by atoms with Gasteiger partial charge in [-0.1, -0.05) is 36.0 Å². The van der Waals surface area contributed by atoms with Gasteiger partial charge in [0.2, 0.25) is 0 Å². The lowest BCUT2D eigenvalue weighted by Crippen LogP contribution is -1.77. The van der Waals surface area contributed by atoms with Crippen molar-refractivity contribution in [1.82, 2.24) is 0 Å². The largest absolute Gasteiger partial charge is 0.206 e. The highest BCUT2D eigenvalue weighted by atomic mass is 32.2. The molecule has 1 aliphatic heterocycles. The summed E-state index contributed by atoms with van der Waals surface area (Å²) in [5.41, 5.74) is 2.93. The minimum Gasteiger partial charge on any atom is -0.206 e. The van der Waals surface area contributed by atoms with E-state index in [1.165, 1.54) is 11.1 Å². The van der Waals surface area contributed by atoms with Crippen molar-refractivity contribution < 1.29 is 0 Å². The van der Waals surface area contributed by atoms with Crippen LogP contribution in [0.2, 0.25) is 0 Å². The first kappa shape index (κ1) is 6.99. The van der Waals surface area contributed by atoms with E-state index in [0.717, 1.165) is 11.5 Å². The van der Waals surface area contributed by atoms with Crippen molar-refractivity contribution >= 4 is 20.9 Å². The molecule has 0 saturated carbocycles. The average Bonchev–Trinajstić information content (AvgIpc) is 2.21. The lowest BCUT2D eigenvalue weighted by Gasteiger charge is -1.99. The third-order valence-electron chi connectivity index (χ3n) is 2.04. The van der Waals surface area contributed by atoms with Crippen LogP contribution in [0, 0.1) is 0 Å². The minimum atomic E-state index is -0.805. The van der Waals surface area contributed by atoms with E-state index < -0.39 is 9.21 Å². The summed E-state index contributed by atoms with van der Waals surface area (Å²) < 4.78 is 0. The van der Waals surface area contributed by atoms with E-state index in [4.69, 9.17) is 0 Å². The van der Waals surface area contributed by atoms with E-state index in [-0.39, 0.29) is 0 Å². The van der Waals surface area contributed by atoms with Crippen LogP contribution in [-0.2, 0) is 11.5 Å². The van der Waals surface area contributed by atoms with E-state index >= 15 is 0 Å². The van der Waals surface area contributed by atoms with Crippen molar-refractivity contribution in [2.45, 2.75) is 11.5 Å². The molecule has 0 spiro atoms. The van der Waals surface area contributed by atoms with Crippen molar-refractivity contribution in [2.75, 3.05) is 0 Å². The molecule has 0 aromatic heterocycles. The number of fused-ring (bicyclic) bond motifs is 1. The first-order valence-corrected chi connectivity index (χ1v) is 6.00. The Morgan fingerprint density at radius 2 is 1.45 bits per heavy atom. The van der Waals surface area contributed by atoms with Gasteiger partial charge >= 0.3 is 0 Å². The predicted molar refractivity (Wildman–Crippen MR) is 55.7 cm³/mol. The average molecular weight is 164 g/mol. The Morgan fingerprint density at radius 3 is 1.91 bits per heavy atom. The summed E-state index contributed by atoms with van der Waals surface area (Å²) in [6, 6.07) is 8.58. The fraction of sp³-hybridized carbons (Fsp3) is 0.200. The van der Waals surface area contributed by atoms with Crippen LogP contribution in [0.15, 0.2) is 24.3 Å². The van der Waals surface area contributed by atoms with E-state index in [9.17, 15) is 0 Å². The fourth-order valence-corrected chi connectivity index (χ4v) is 3.53. The van der Waals surface area contributed by atoms with Crippen molar-refractivity contribution in [3.63, 3.8) is 0 Å². The van der Waals surface area contributed by atoms with Gasteiger partial charge in [0, 0.05) is 11.5 Å². The van der Waals surface area contributed by atoms with Crippen LogP contribution in [0.4, 0.5) is 0 Å². The van der Waals surface area contributed by atoms with Crippen molar-refractivity contribution in [2.24, 2.45) is 0 Å². The summed E-state index contributed by atoms with van der Waals surface area (Å²) >= 11 is 0. The van der Waals surface area contributed by atoms with Crippen molar-refractivity contribution in [3.05, 3.63) is 35.4 Å². The standard InChI is InChI=1S/C10H12S/c1-11(2)7-9-5-3-4-6-10(9)8-11/h3-6H,1-2,7-8H2. The van der Waals surface area contributed by atoms with Gasteiger partial charge in [-0.15, -0.1) is 0 Å². The molecule has 0 fully saturated rings. The molecule has 0 bridgehead atoms. The zero-order valence-corrected chi connectivity index (χ0v) is 7.36. The van der Waals surface area contributed by atoms with Gasteiger partial charge in [-0.05, 0) is 11.1 Å². The van der Waals surface area contributed by atoms with E-state index in [2.05, 4.69) is 36.0 Å². The summed E-state index contributed by atoms with van der Waals surface area (Å²) in [5, 5.41) is 0. The lowest BCUT2D eigenvalue weighted by atomic mass is 10.1. The van der Waals surface area contributed by atoms with Gasteiger partial charge in [0.05, 0.1) is 0 Å². The molecule has 1 heterocycles. The highest BCUT2D eigenvalue weighted by molar-refractivity contribution is 8.26. The topological polar surface area (TPSA) is 0 Å². The molecular formula is C10H12S. The minimum absolute atomic E-state index is 0.805. The lowest BCUT2D eigenvalue weighted by molar-refractivity contribution is 1.35. The summed E-state index contributed by atoms with van der Waals surface area (Å²) in [7, 11) is -0.805. The van der Waals surface area contributed by atoms with Gasteiger partial charge < -0.3 is 0 Å². The highest BCUT2D eigenvalue weighted by Gasteiger charge is 2.13. The Balaban J connectivity index is 2.57. The third-order valence-corrected chi connectivity index (χ3v) is 3.89. The molecule has 1 aliphatic rings. The van der Waals surface area contributed by atoms with Crippen LogP contribution in [0.1, 0.15) is 11.1 Å². The van der Waals surface area contributed by atoms with E-state index in [0.29, 0.717) is 0 Å². The molecule has 0 aliphatic carbocycles. The molecule has 1 aromatic carbocycles.